The molecular formula is C11H12F2O3. The lowest BCUT2D eigenvalue weighted by Crippen LogP contribution is -2.28. The molecule has 0 radical (unpaired) electrons. The van der Waals surface area contributed by atoms with Crippen LogP contribution in [0.5, 0.6) is 5.75 Å². The standard InChI is InChI=1S/C11H12F2O3/c1-11(2,15)6-16-10-8(12)3-7(5-14)4-9(10)13/h3-5,15H,6H2,1-2H3. The van der Waals surface area contributed by atoms with Crippen LogP contribution in [-0.4, -0.2) is 23.6 Å². The zero-order valence-electron chi connectivity index (χ0n) is 8.96. The monoisotopic (exact) mass is 230 g/mol. The van der Waals surface area contributed by atoms with Crippen LogP contribution in [0.2, 0.25) is 0 Å². The molecule has 88 valence electrons. The second kappa shape index (κ2) is 4.57. The fraction of sp³-hybridized carbons (Fsp3) is 0.364. The van der Waals surface area contributed by atoms with Gasteiger partial charge in [-0.2, -0.15) is 0 Å². The van der Waals surface area contributed by atoms with E-state index in [1.54, 1.807) is 0 Å². The summed E-state index contributed by atoms with van der Waals surface area (Å²) in [6, 6.07) is 1.74. The molecule has 0 saturated carbocycles. The maximum atomic E-state index is 13.3. The van der Waals surface area contributed by atoms with Gasteiger partial charge in [0.1, 0.15) is 12.9 Å². The number of hydrogen-bond acceptors (Lipinski definition) is 3. The molecule has 3 nitrogen and oxygen atoms in total. The van der Waals surface area contributed by atoms with Gasteiger partial charge in [0, 0.05) is 5.56 Å². The number of ether oxygens (including phenoxy) is 1. The van der Waals surface area contributed by atoms with Crippen LogP contribution in [-0.2, 0) is 0 Å². The molecule has 0 aromatic heterocycles. The Morgan fingerprint density at radius 2 is 1.88 bits per heavy atom. The molecule has 1 N–H and O–H groups in total. The number of halogens is 2. The van der Waals surface area contributed by atoms with Crippen molar-refractivity contribution in [3.63, 3.8) is 0 Å². The van der Waals surface area contributed by atoms with Crippen LogP contribution in [0.4, 0.5) is 8.78 Å². The topological polar surface area (TPSA) is 46.5 Å². The molecule has 0 aliphatic heterocycles. The number of carbonyl (C=O) groups is 1. The van der Waals surface area contributed by atoms with E-state index in [0.717, 1.165) is 12.1 Å². The molecule has 0 aliphatic rings. The molecule has 16 heavy (non-hydrogen) atoms. The van der Waals surface area contributed by atoms with Crippen LogP contribution in [0.15, 0.2) is 12.1 Å². The third-order valence-electron chi connectivity index (χ3n) is 1.73. The predicted molar refractivity (Wildman–Crippen MR) is 53.5 cm³/mol. The minimum absolute atomic E-state index is 0.106. The van der Waals surface area contributed by atoms with E-state index in [-0.39, 0.29) is 12.2 Å². The highest BCUT2D eigenvalue weighted by atomic mass is 19.1. The van der Waals surface area contributed by atoms with Crippen LogP contribution in [0.25, 0.3) is 0 Å². The summed E-state index contributed by atoms with van der Waals surface area (Å²) in [6.45, 7) is 2.65. The quantitative estimate of drug-likeness (QED) is 0.804. The average molecular weight is 230 g/mol. The van der Waals surface area contributed by atoms with Gasteiger partial charge in [-0.3, -0.25) is 4.79 Å². The Bertz CT molecular complexity index is 374. The molecule has 0 heterocycles. The molecule has 0 saturated heterocycles. The summed E-state index contributed by atoms with van der Waals surface area (Å²) >= 11 is 0. The molecule has 0 aliphatic carbocycles. The largest absolute Gasteiger partial charge is 0.485 e. The first-order chi connectivity index (χ1) is 7.33. The van der Waals surface area contributed by atoms with Gasteiger partial charge in [0.15, 0.2) is 17.4 Å². The van der Waals surface area contributed by atoms with Gasteiger partial charge in [-0.05, 0) is 26.0 Å². The average Bonchev–Trinajstić information content (AvgIpc) is 2.14. The van der Waals surface area contributed by atoms with Crippen molar-refractivity contribution >= 4 is 6.29 Å². The molecule has 0 spiro atoms. The van der Waals surface area contributed by atoms with Crippen molar-refractivity contribution < 1.29 is 23.4 Å². The van der Waals surface area contributed by atoms with Crippen LogP contribution in [0, 0.1) is 11.6 Å². The molecule has 0 atom stereocenters. The van der Waals surface area contributed by atoms with Crippen LogP contribution in [0.3, 0.4) is 0 Å². The third-order valence-corrected chi connectivity index (χ3v) is 1.73. The highest BCUT2D eigenvalue weighted by Gasteiger charge is 2.18. The normalized spacial score (nSPS) is 11.3. The van der Waals surface area contributed by atoms with E-state index in [9.17, 15) is 18.7 Å². The van der Waals surface area contributed by atoms with Crippen molar-refractivity contribution in [1.29, 1.82) is 0 Å². The molecule has 0 fully saturated rings. The number of rotatable bonds is 4. The van der Waals surface area contributed by atoms with Crippen molar-refractivity contribution in [2.45, 2.75) is 19.4 Å². The van der Waals surface area contributed by atoms with E-state index in [1.807, 2.05) is 0 Å². The molecular weight excluding hydrogens is 218 g/mol. The number of benzene rings is 1. The minimum atomic E-state index is -1.19. The van der Waals surface area contributed by atoms with Crippen LogP contribution >= 0.6 is 0 Å². The summed E-state index contributed by atoms with van der Waals surface area (Å²) < 4.78 is 31.4. The fourth-order valence-corrected chi connectivity index (χ4v) is 1.03. The maximum absolute atomic E-state index is 13.3. The van der Waals surface area contributed by atoms with E-state index in [1.165, 1.54) is 13.8 Å². The third kappa shape index (κ3) is 3.27. The maximum Gasteiger partial charge on any atom is 0.190 e. The smallest absolute Gasteiger partial charge is 0.190 e. The second-order valence-electron chi connectivity index (χ2n) is 4.03. The summed E-state index contributed by atoms with van der Waals surface area (Å²) in [5.41, 5.74) is -1.30. The van der Waals surface area contributed by atoms with Crippen molar-refractivity contribution in [3.8, 4) is 5.75 Å². The fourth-order valence-electron chi connectivity index (χ4n) is 1.03. The summed E-state index contributed by atoms with van der Waals surface area (Å²) in [5.74, 6) is -2.52. The van der Waals surface area contributed by atoms with E-state index < -0.39 is 23.0 Å². The summed E-state index contributed by atoms with van der Waals surface area (Å²) in [5, 5.41) is 9.34. The van der Waals surface area contributed by atoms with Gasteiger partial charge in [-0.15, -0.1) is 0 Å². The van der Waals surface area contributed by atoms with Crippen molar-refractivity contribution in [1.82, 2.24) is 0 Å². The first kappa shape index (κ1) is 12.6. The van der Waals surface area contributed by atoms with E-state index in [0.29, 0.717) is 6.29 Å². The minimum Gasteiger partial charge on any atom is -0.485 e. The second-order valence-corrected chi connectivity index (χ2v) is 4.03. The van der Waals surface area contributed by atoms with Crippen molar-refractivity contribution in [2.24, 2.45) is 0 Å². The molecule has 1 aromatic carbocycles. The lowest BCUT2D eigenvalue weighted by atomic mass is 10.1. The SMILES string of the molecule is CC(C)(O)COc1c(F)cc(C=O)cc1F. The summed E-state index contributed by atoms with van der Waals surface area (Å²) in [7, 11) is 0. The van der Waals surface area contributed by atoms with Gasteiger partial charge in [-0.25, -0.2) is 8.78 Å². The van der Waals surface area contributed by atoms with Crippen LogP contribution < -0.4 is 4.74 Å². The van der Waals surface area contributed by atoms with Crippen LogP contribution in [0.1, 0.15) is 24.2 Å². The van der Waals surface area contributed by atoms with Gasteiger partial charge in [-0.1, -0.05) is 0 Å². The first-order valence-electron chi connectivity index (χ1n) is 4.63. The first-order valence-corrected chi connectivity index (χ1v) is 4.63. The van der Waals surface area contributed by atoms with Gasteiger partial charge < -0.3 is 9.84 Å². The van der Waals surface area contributed by atoms with E-state index >= 15 is 0 Å². The van der Waals surface area contributed by atoms with Gasteiger partial charge >= 0.3 is 0 Å². The zero-order valence-corrected chi connectivity index (χ0v) is 8.96. The Morgan fingerprint density at radius 1 is 1.38 bits per heavy atom. The Balaban J connectivity index is 2.93. The Morgan fingerprint density at radius 3 is 2.25 bits per heavy atom. The molecule has 0 bridgehead atoms. The number of aliphatic hydroxyl groups is 1. The number of aldehydes is 1. The van der Waals surface area contributed by atoms with E-state index in [4.69, 9.17) is 4.74 Å². The lowest BCUT2D eigenvalue weighted by Gasteiger charge is -2.18. The Hall–Kier alpha value is -1.49. The number of carbonyl (C=O) groups excluding carboxylic acids is 1. The molecule has 5 heteroatoms. The van der Waals surface area contributed by atoms with E-state index in [2.05, 4.69) is 0 Å². The summed E-state index contributed by atoms with van der Waals surface area (Å²) in [6.07, 6.45) is 0.339. The highest BCUT2D eigenvalue weighted by molar-refractivity contribution is 5.75. The van der Waals surface area contributed by atoms with Gasteiger partial charge in [0.25, 0.3) is 0 Å². The van der Waals surface area contributed by atoms with Gasteiger partial charge in [0.2, 0.25) is 0 Å². The Kier molecular flexibility index (Phi) is 3.59. The highest BCUT2D eigenvalue weighted by Crippen LogP contribution is 2.23. The van der Waals surface area contributed by atoms with Crippen molar-refractivity contribution in [3.05, 3.63) is 29.3 Å². The predicted octanol–water partition coefficient (Wildman–Crippen LogP) is 1.93. The van der Waals surface area contributed by atoms with Crippen molar-refractivity contribution in [2.75, 3.05) is 6.61 Å². The molecule has 1 aromatic rings. The molecule has 0 amide bonds. The molecule has 1 rings (SSSR count). The van der Waals surface area contributed by atoms with Gasteiger partial charge in [0.05, 0.1) is 5.60 Å². The lowest BCUT2D eigenvalue weighted by molar-refractivity contribution is 0.0257. The zero-order chi connectivity index (χ0) is 12.3. The number of hydrogen-bond donors (Lipinski definition) is 1. The summed E-state index contributed by atoms with van der Waals surface area (Å²) in [4.78, 5) is 10.3. The molecule has 0 unspecified atom stereocenters. The Labute approximate surface area is 91.7 Å².